The minimum atomic E-state index is -1.11. The standard InChI is InChI=1S/C21H32O3/c1-13(22)21(24)11-8-18-16-5-4-14-12-15(23)6-9-19(14,2)17(16)7-10-20(18,21)3/h14,16-18,24H,4-12H2,1-3H3/t14-,16?,17?,18?,19?,20?,21-/m0/s1. The predicted molar refractivity (Wildman–Crippen MR) is 92.4 cm³/mol. The fraction of sp³-hybridized carbons (Fsp3) is 0.905. The average molecular weight is 332 g/mol. The van der Waals surface area contributed by atoms with Crippen LogP contribution in [0.15, 0.2) is 0 Å². The first-order valence-corrected chi connectivity index (χ1v) is 9.97. The number of aliphatic hydroxyl groups is 1. The van der Waals surface area contributed by atoms with Crippen molar-refractivity contribution in [3.05, 3.63) is 0 Å². The van der Waals surface area contributed by atoms with E-state index in [1.807, 2.05) is 0 Å². The Labute approximate surface area is 145 Å². The van der Waals surface area contributed by atoms with Gasteiger partial charge in [-0.1, -0.05) is 13.8 Å². The summed E-state index contributed by atoms with van der Waals surface area (Å²) in [6.45, 7) is 6.20. The highest BCUT2D eigenvalue weighted by Gasteiger charge is 2.65. The van der Waals surface area contributed by atoms with Crippen molar-refractivity contribution in [2.45, 2.75) is 84.2 Å². The Hall–Kier alpha value is -0.700. The van der Waals surface area contributed by atoms with Crippen LogP contribution < -0.4 is 0 Å². The molecule has 5 unspecified atom stereocenters. The number of carbonyl (C=O) groups excluding carboxylic acids is 2. The summed E-state index contributed by atoms with van der Waals surface area (Å²) in [4.78, 5) is 24.2. The number of hydrogen-bond acceptors (Lipinski definition) is 3. The molecule has 0 heterocycles. The molecule has 0 amide bonds. The fourth-order valence-electron chi connectivity index (χ4n) is 7.64. The van der Waals surface area contributed by atoms with Crippen LogP contribution in [0.1, 0.15) is 78.6 Å². The highest BCUT2D eigenvalue weighted by Crippen LogP contribution is 2.68. The van der Waals surface area contributed by atoms with E-state index >= 15 is 0 Å². The first-order chi connectivity index (χ1) is 11.2. The summed E-state index contributed by atoms with van der Waals surface area (Å²) >= 11 is 0. The molecule has 7 atom stereocenters. The Kier molecular flexibility index (Phi) is 3.60. The van der Waals surface area contributed by atoms with E-state index in [-0.39, 0.29) is 11.2 Å². The Morgan fingerprint density at radius 1 is 1.04 bits per heavy atom. The molecule has 0 aromatic rings. The van der Waals surface area contributed by atoms with Gasteiger partial charge in [-0.25, -0.2) is 0 Å². The summed E-state index contributed by atoms with van der Waals surface area (Å²) in [7, 11) is 0. The second kappa shape index (κ2) is 5.16. The van der Waals surface area contributed by atoms with Gasteiger partial charge in [0.1, 0.15) is 11.4 Å². The van der Waals surface area contributed by atoms with Gasteiger partial charge in [-0.3, -0.25) is 9.59 Å². The molecule has 134 valence electrons. The van der Waals surface area contributed by atoms with Gasteiger partial charge in [-0.2, -0.15) is 0 Å². The van der Waals surface area contributed by atoms with Gasteiger partial charge in [0.25, 0.3) is 0 Å². The molecule has 24 heavy (non-hydrogen) atoms. The molecule has 3 heteroatoms. The van der Waals surface area contributed by atoms with Crippen LogP contribution in [0.25, 0.3) is 0 Å². The molecule has 1 N–H and O–H groups in total. The van der Waals surface area contributed by atoms with Crippen molar-refractivity contribution in [3.8, 4) is 0 Å². The van der Waals surface area contributed by atoms with Gasteiger partial charge >= 0.3 is 0 Å². The predicted octanol–water partition coefficient (Wildman–Crippen LogP) is 3.92. The van der Waals surface area contributed by atoms with Gasteiger partial charge in [-0.15, -0.1) is 0 Å². The Morgan fingerprint density at radius 3 is 2.46 bits per heavy atom. The maximum absolute atomic E-state index is 12.2. The zero-order chi connectivity index (χ0) is 17.3. The SMILES string of the molecule is CC(=O)[C@@]1(O)CCC2C3CC[C@H]4CC(=O)CCC4(C)C3CCC21C. The molecule has 0 saturated heterocycles. The van der Waals surface area contributed by atoms with Crippen LogP contribution in [0.4, 0.5) is 0 Å². The molecule has 3 nitrogen and oxygen atoms in total. The first kappa shape index (κ1) is 16.8. The molecule has 0 bridgehead atoms. The van der Waals surface area contributed by atoms with Crippen molar-refractivity contribution in [2.75, 3.05) is 0 Å². The molecule has 4 saturated carbocycles. The normalized spacial score (nSPS) is 53.9. The Bertz CT molecular complexity index is 584. The van der Waals surface area contributed by atoms with E-state index in [0.717, 1.165) is 44.9 Å². The lowest BCUT2D eigenvalue weighted by Gasteiger charge is -2.60. The number of ketones is 2. The van der Waals surface area contributed by atoms with E-state index in [9.17, 15) is 14.7 Å². The van der Waals surface area contributed by atoms with Gasteiger partial charge in [0, 0.05) is 18.3 Å². The van der Waals surface area contributed by atoms with Gasteiger partial charge < -0.3 is 5.11 Å². The molecule has 0 aromatic carbocycles. The van der Waals surface area contributed by atoms with Gasteiger partial charge in [0.15, 0.2) is 5.78 Å². The van der Waals surface area contributed by atoms with Crippen molar-refractivity contribution in [3.63, 3.8) is 0 Å². The zero-order valence-corrected chi connectivity index (χ0v) is 15.4. The highest BCUT2D eigenvalue weighted by molar-refractivity contribution is 5.86. The third-order valence-corrected chi connectivity index (χ3v) is 9.22. The average Bonchev–Trinajstić information content (AvgIpc) is 2.81. The molecule has 4 rings (SSSR count). The van der Waals surface area contributed by atoms with E-state index in [1.165, 1.54) is 6.42 Å². The lowest BCUT2D eigenvalue weighted by Crippen LogP contribution is -2.58. The molecule has 4 aliphatic carbocycles. The Morgan fingerprint density at radius 2 is 1.75 bits per heavy atom. The van der Waals surface area contributed by atoms with Crippen molar-refractivity contribution >= 4 is 11.6 Å². The van der Waals surface area contributed by atoms with Gasteiger partial charge in [0.2, 0.25) is 0 Å². The quantitative estimate of drug-likeness (QED) is 0.792. The lowest BCUT2D eigenvalue weighted by molar-refractivity contribution is -0.169. The van der Waals surface area contributed by atoms with Crippen molar-refractivity contribution in [2.24, 2.45) is 34.5 Å². The minimum Gasteiger partial charge on any atom is -0.382 e. The summed E-state index contributed by atoms with van der Waals surface area (Å²) in [5.74, 6) is 2.78. The monoisotopic (exact) mass is 332 g/mol. The van der Waals surface area contributed by atoms with E-state index in [0.29, 0.717) is 41.3 Å². The highest BCUT2D eigenvalue weighted by atomic mass is 16.3. The van der Waals surface area contributed by atoms with Crippen LogP contribution in [0.2, 0.25) is 0 Å². The van der Waals surface area contributed by atoms with Crippen molar-refractivity contribution in [1.29, 1.82) is 0 Å². The van der Waals surface area contributed by atoms with E-state index in [2.05, 4.69) is 13.8 Å². The van der Waals surface area contributed by atoms with E-state index in [4.69, 9.17) is 0 Å². The maximum Gasteiger partial charge on any atom is 0.161 e. The third kappa shape index (κ3) is 1.94. The molecule has 0 aromatic heterocycles. The van der Waals surface area contributed by atoms with Crippen LogP contribution in [-0.4, -0.2) is 22.3 Å². The topological polar surface area (TPSA) is 54.4 Å². The molecular weight excluding hydrogens is 300 g/mol. The molecule has 0 aliphatic heterocycles. The van der Waals surface area contributed by atoms with Crippen LogP contribution in [0, 0.1) is 34.5 Å². The number of Topliss-reactive ketones (excluding diaryl/α,β-unsaturated/α-hetero) is 2. The van der Waals surface area contributed by atoms with Gasteiger partial charge in [0.05, 0.1) is 0 Å². The van der Waals surface area contributed by atoms with Crippen LogP contribution >= 0.6 is 0 Å². The summed E-state index contributed by atoms with van der Waals surface area (Å²) in [6.07, 6.45) is 8.67. The fourth-order valence-corrected chi connectivity index (χ4v) is 7.64. The lowest BCUT2D eigenvalue weighted by atomic mass is 9.44. The second-order valence-electron chi connectivity index (χ2n) is 9.81. The minimum absolute atomic E-state index is 0.0332. The van der Waals surface area contributed by atoms with E-state index < -0.39 is 5.60 Å². The molecule has 0 radical (unpaired) electrons. The third-order valence-electron chi connectivity index (χ3n) is 9.22. The molecular formula is C21H32O3. The maximum atomic E-state index is 12.2. The molecule has 4 aliphatic rings. The summed E-state index contributed by atoms with van der Waals surface area (Å²) in [6, 6.07) is 0. The smallest absolute Gasteiger partial charge is 0.161 e. The zero-order valence-electron chi connectivity index (χ0n) is 15.4. The first-order valence-electron chi connectivity index (χ1n) is 9.97. The summed E-state index contributed by atoms with van der Waals surface area (Å²) in [5.41, 5.74) is -1.05. The van der Waals surface area contributed by atoms with Crippen LogP contribution in [-0.2, 0) is 9.59 Å². The van der Waals surface area contributed by atoms with Gasteiger partial charge in [-0.05, 0) is 81.0 Å². The largest absolute Gasteiger partial charge is 0.382 e. The number of hydrogen-bond donors (Lipinski definition) is 1. The summed E-state index contributed by atoms with van der Waals surface area (Å²) in [5, 5.41) is 11.2. The van der Waals surface area contributed by atoms with Crippen LogP contribution in [0.3, 0.4) is 0 Å². The van der Waals surface area contributed by atoms with Crippen molar-refractivity contribution in [1.82, 2.24) is 0 Å². The molecule has 4 fully saturated rings. The van der Waals surface area contributed by atoms with Crippen molar-refractivity contribution < 1.29 is 14.7 Å². The molecule has 0 spiro atoms. The summed E-state index contributed by atoms with van der Waals surface area (Å²) < 4.78 is 0. The Balaban J connectivity index is 1.66. The van der Waals surface area contributed by atoms with Crippen LogP contribution in [0.5, 0.6) is 0 Å². The number of carbonyl (C=O) groups is 2. The van der Waals surface area contributed by atoms with E-state index in [1.54, 1.807) is 6.92 Å². The number of fused-ring (bicyclic) bond motifs is 5. The second-order valence-corrected chi connectivity index (χ2v) is 9.81. The number of rotatable bonds is 1.